The van der Waals surface area contributed by atoms with Crippen molar-refractivity contribution >= 4 is 5.97 Å². The summed E-state index contributed by atoms with van der Waals surface area (Å²) in [7, 11) is 1.59. The minimum absolute atomic E-state index is 0.127. The number of hydrogen-bond acceptors (Lipinski definition) is 4. The molecule has 0 radical (unpaired) electrons. The van der Waals surface area contributed by atoms with Crippen LogP contribution in [0.3, 0.4) is 0 Å². The van der Waals surface area contributed by atoms with Crippen LogP contribution >= 0.6 is 0 Å². The van der Waals surface area contributed by atoms with Gasteiger partial charge in [0, 0.05) is 17.3 Å². The number of methoxy groups -OCH3 is 1. The molecule has 1 aromatic heterocycles. The second-order valence-electron chi connectivity index (χ2n) is 6.45. The van der Waals surface area contributed by atoms with Crippen LogP contribution in [0.4, 0.5) is 0 Å². The van der Waals surface area contributed by atoms with E-state index >= 15 is 0 Å². The van der Waals surface area contributed by atoms with Crippen LogP contribution in [0.5, 0.6) is 5.75 Å². The van der Waals surface area contributed by atoms with E-state index in [1.807, 2.05) is 66.9 Å². The SMILES string of the molecule is COc1ccc(C(=O)OCc2cn(-c3ccccc3)nc2-c2ccccc2)cc1. The molecule has 0 fully saturated rings. The minimum Gasteiger partial charge on any atom is -0.497 e. The molecule has 5 heteroatoms. The van der Waals surface area contributed by atoms with Gasteiger partial charge in [-0.25, -0.2) is 9.48 Å². The average molecular weight is 384 g/mol. The van der Waals surface area contributed by atoms with E-state index in [1.165, 1.54) is 0 Å². The van der Waals surface area contributed by atoms with Gasteiger partial charge in [0.15, 0.2) is 0 Å². The first kappa shape index (κ1) is 18.5. The Morgan fingerprint density at radius 3 is 2.21 bits per heavy atom. The summed E-state index contributed by atoms with van der Waals surface area (Å²) < 4.78 is 12.5. The molecule has 0 N–H and O–H groups in total. The van der Waals surface area contributed by atoms with Crippen LogP contribution in [0.1, 0.15) is 15.9 Å². The third-order valence-corrected chi connectivity index (χ3v) is 4.54. The van der Waals surface area contributed by atoms with E-state index in [1.54, 1.807) is 36.1 Å². The lowest BCUT2D eigenvalue weighted by atomic mass is 10.1. The molecule has 0 unspecified atom stereocenters. The maximum absolute atomic E-state index is 12.5. The lowest BCUT2D eigenvalue weighted by Gasteiger charge is -2.06. The highest BCUT2D eigenvalue weighted by molar-refractivity contribution is 5.89. The van der Waals surface area contributed by atoms with Crippen LogP contribution < -0.4 is 4.74 Å². The zero-order valence-electron chi connectivity index (χ0n) is 16.0. The Morgan fingerprint density at radius 1 is 0.897 bits per heavy atom. The molecule has 0 aliphatic carbocycles. The van der Waals surface area contributed by atoms with Crippen molar-refractivity contribution in [1.29, 1.82) is 0 Å². The van der Waals surface area contributed by atoms with Gasteiger partial charge in [0.05, 0.1) is 24.1 Å². The Balaban J connectivity index is 1.60. The number of hydrogen-bond donors (Lipinski definition) is 0. The summed E-state index contributed by atoms with van der Waals surface area (Å²) in [5, 5.41) is 4.73. The molecule has 0 spiro atoms. The Bertz CT molecular complexity index is 1090. The Morgan fingerprint density at radius 2 is 1.55 bits per heavy atom. The molecule has 0 aliphatic rings. The van der Waals surface area contributed by atoms with Gasteiger partial charge in [0.2, 0.25) is 0 Å². The predicted molar refractivity (Wildman–Crippen MR) is 111 cm³/mol. The number of ether oxygens (including phenoxy) is 2. The van der Waals surface area contributed by atoms with Crippen LogP contribution in [0.25, 0.3) is 16.9 Å². The third-order valence-electron chi connectivity index (χ3n) is 4.54. The van der Waals surface area contributed by atoms with E-state index in [2.05, 4.69) is 0 Å². The Hall–Kier alpha value is -3.86. The average Bonchev–Trinajstić information content (AvgIpc) is 3.23. The summed E-state index contributed by atoms with van der Waals surface area (Å²) in [4.78, 5) is 12.5. The smallest absolute Gasteiger partial charge is 0.338 e. The lowest BCUT2D eigenvalue weighted by molar-refractivity contribution is 0.0473. The second-order valence-corrected chi connectivity index (χ2v) is 6.45. The molecule has 0 saturated carbocycles. The summed E-state index contributed by atoms with van der Waals surface area (Å²) in [5.74, 6) is 0.302. The van der Waals surface area contributed by atoms with Crippen molar-refractivity contribution in [3.05, 3.63) is 102 Å². The van der Waals surface area contributed by atoms with E-state index < -0.39 is 0 Å². The van der Waals surface area contributed by atoms with Crippen molar-refractivity contribution in [1.82, 2.24) is 9.78 Å². The number of aromatic nitrogens is 2. The van der Waals surface area contributed by atoms with Crippen molar-refractivity contribution in [3.63, 3.8) is 0 Å². The summed E-state index contributed by atoms with van der Waals surface area (Å²) in [6.07, 6.45) is 1.90. The predicted octanol–water partition coefficient (Wildman–Crippen LogP) is 4.90. The summed E-state index contributed by atoms with van der Waals surface area (Å²) in [6.45, 7) is 0.127. The highest BCUT2D eigenvalue weighted by Gasteiger charge is 2.15. The summed E-state index contributed by atoms with van der Waals surface area (Å²) in [6, 6.07) is 26.6. The monoisotopic (exact) mass is 384 g/mol. The molecule has 4 aromatic rings. The number of para-hydroxylation sites is 1. The Labute approximate surface area is 169 Å². The molecule has 5 nitrogen and oxygen atoms in total. The van der Waals surface area contributed by atoms with Crippen molar-refractivity contribution in [2.75, 3.05) is 7.11 Å². The molecule has 0 amide bonds. The number of nitrogens with zero attached hydrogens (tertiary/aromatic N) is 2. The van der Waals surface area contributed by atoms with Crippen molar-refractivity contribution < 1.29 is 14.3 Å². The lowest BCUT2D eigenvalue weighted by Crippen LogP contribution is -2.05. The first-order valence-corrected chi connectivity index (χ1v) is 9.25. The van der Waals surface area contributed by atoms with Gasteiger partial charge in [-0.05, 0) is 36.4 Å². The number of esters is 1. The van der Waals surface area contributed by atoms with Crippen LogP contribution in [0.15, 0.2) is 91.1 Å². The van der Waals surface area contributed by atoms with Gasteiger partial charge in [0.25, 0.3) is 0 Å². The normalized spacial score (nSPS) is 10.5. The second kappa shape index (κ2) is 8.44. The number of rotatable bonds is 6. The standard InChI is InChI=1S/C24H20N2O3/c1-28-22-14-12-19(13-15-22)24(27)29-17-20-16-26(21-10-6-3-7-11-21)25-23(20)18-8-4-2-5-9-18/h2-16H,17H2,1H3. The zero-order chi connectivity index (χ0) is 20.1. The van der Waals surface area contributed by atoms with Gasteiger partial charge in [-0.15, -0.1) is 0 Å². The molecule has 0 saturated heterocycles. The van der Waals surface area contributed by atoms with Gasteiger partial charge < -0.3 is 9.47 Å². The van der Waals surface area contributed by atoms with Gasteiger partial charge >= 0.3 is 5.97 Å². The molecule has 0 bridgehead atoms. The molecule has 29 heavy (non-hydrogen) atoms. The highest BCUT2D eigenvalue weighted by Crippen LogP contribution is 2.24. The van der Waals surface area contributed by atoms with Gasteiger partial charge in [0.1, 0.15) is 12.4 Å². The first-order valence-electron chi connectivity index (χ1n) is 9.25. The van der Waals surface area contributed by atoms with E-state index in [4.69, 9.17) is 14.6 Å². The fraction of sp³-hybridized carbons (Fsp3) is 0.0833. The number of carbonyl (C=O) groups is 1. The quantitative estimate of drug-likeness (QED) is 0.444. The molecule has 0 aliphatic heterocycles. The van der Waals surface area contributed by atoms with E-state index in [0.29, 0.717) is 11.3 Å². The molecule has 4 rings (SSSR count). The van der Waals surface area contributed by atoms with Crippen LogP contribution in [-0.2, 0) is 11.3 Å². The molecule has 144 valence electrons. The fourth-order valence-electron chi connectivity index (χ4n) is 3.02. The fourth-order valence-corrected chi connectivity index (χ4v) is 3.02. The van der Waals surface area contributed by atoms with Crippen molar-refractivity contribution in [2.45, 2.75) is 6.61 Å². The van der Waals surface area contributed by atoms with Crippen LogP contribution in [0, 0.1) is 0 Å². The maximum Gasteiger partial charge on any atom is 0.338 e. The molecular weight excluding hydrogens is 364 g/mol. The van der Waals surface area contributed by atoms with Crippen LogP contribution in [0.2, 0.25) is 0 Å². The van der Waals surface area contributed by atoms with Crippen molar-refractivity contribution in [2.24, 2.45) is 0 Å². The molecular formula is C24H20N2O3. The highest BCUT2D eigenvalue weighted by atomic mass is 16.5. The number of carbonyl (C=O) groups excluding carboxylic acids is 1. The van der Waals surface area contributed by atoms with Crippen molar-refractivity contribution in [3.8, 4) is 22.7 Å². The minimum atomic E-state index is -0.390. The molecule has 3 aromatic carbocycles. The third kappa shape index (κ3) is 4.19. The number of benzene rings is 3. The van der Waals surface area contributed by atoms with Gasteiger partial charge in [-0.2, -0.15) is 5.10 Å². The van der Waals surface area contributed by atoms with E-state index in [9.17, 15) is 4.79 Å². The van der Waals surface area contributed by atoms with Gasteiger partial charge in [-0.1, -0.05) is 48.5 Å². The van der Waals surface area contributed by atoms with E-state index in [0.717, 1.165) is 22.5 Å². The molecule has 1 heterocycles. The van der Waals surface area contributed by atoms with E-state index in [-0.39, 0.29) is 12.6 Å². The van der Waals surface area contributed by atoms with Gasteiger partial charge in [-0.3, -0.25) is 0 Å². The topological polar surface area (TPSA) is 53.4 Å². The summed E-state index contributed by atoms with van der Waals surface area (Å²) in [5.41, 5.74) is 4.01. The largest absolute Gasteiger partial charge is 0.497 e. The van der Waals surface area contributed by atoms with Crippen LogP contribution in [-0.4, -0.2) is 22.9 Å². The maximum atomic E-state index is 12.5. The first-order chi connectivity index (χ1) is 14.2. The Kier molecular flexibility index (Phi) is 5.38. The molecule has 0 atom stereocenters. The summed E-state index contributed by atoms with van der Waals surface area (Å²) >= 11 is 0. The zero-order valence-corrected chi connectivity index (χ0v) is 16.0.